The molecule has 0 spiro atoms. The second-order valence-electron chi connectivity index (χ2n) is 5.01. The van der Waals surface area contributed by atoms with E-state index in [2.05, 4.69) is 10.3 Å². The zero-order valence-electron chi connectivity index (χ0n) is 11.3. The predicted molar refractivity (Wildman–Crippen MR) is 79.4 cm³/mol. The van der Waals surface area contributed by atoms with Crippen LogP contribution in [-0.4, -0.2) is 46.1 Å². The van der Waals surface area contributed by atoms with Gasteiger partial charge in [0, 0.05) is 11.8 Å². The Morgan fingerprint density at radius 3 is 2.52 bits per heavy atom. The number of aliphatic hydroxyl groups excluding tert-OH is 3. The average Bonchev–Trinajstić information content (AvgIpc) is 2.46. The molecule has 120 valence electrons. The fourth-order valence-corrected chi connectivity index (χ4v) is 2.67. The largest absolute Gasteiger partial charge is 0.394 e. The van der Waals surface area contributed by atoms with E-state index in [-0.39, 0.29) is 28.7 Å². The number of nitrogens with zero attached hydrogens (tertiary/aromatic N) is 1. The summed E-state index contributed by atoms with van der Waals surface area (Å²) in [5.41, 5.74) is -1.16. The van der Waals surface area contributed by atoms with Crippen molar-refractivity contribution >= 4 is 24.0 Å². The molecule has 4 N–H and O–H groups in total. The maximum absolute atomic E-state index is 14.8. The molecule has 1 saturated heterocycles. The molecule has 5 nitrogen and oxygen atoms in total. The van der Waals surface area contributed by atoms with E-state index in [0.717, 1.165) is 0 Å². The molecular formula is C13H19Cl2FN2O3. The number of aliphatic hydroxyl groups is 3. The fourth-order valence-electron chi connectivity index (χ4n) is 2.33. The van der Waals surface area contributed by atoms with E-state index in [1.165, 1.54) is 12.3 Å². The van der Waals surface area contributed by atoms with Crippen molar-refractivity contribution in [3.05, 3.63) is 28.5 Å². The first-order valence-corrected chi connectivity index (χ1v) is 6.88. The maximum atomic E-state index is 14.8. The van der Waals surface area contributed by atoms with Crippen LogP contribution >= 0.6 is 24.0 Å². The molecule has 1 aliphatic rings. The van der Waals surface area contributed by atoms with Crippen LogP contribution in [0.2, 0.25) is 5.02 Å². The van der Waals surface area contributed by atoms with Crippen molar-refractivity contribution in [2.75, 3.05) is 19.7 Å². The average molecular weight is 341 g/mol. The first-order valence-electron chi connectivity index (χ1n) is 6.50. The van der Waals surface area contributed by atoms with Crippen molar-refractivity contribution in [3.63, 3.8) is 0 Å². The number of piperidine rings is 1. The van der Waals surface area contributed by atoms with Gasteiger partial charge in [-0.15, -0.1) is 12.4 Å². The molecule has 1 fully saturated rings. The number of alkyl halides is 1. The summed E-state index contributed by atoms with van der Waals surface area (Å²) in [7, 11) is 0. The molecule has 1 aliphatic heterocycles. The molecule has 2 heterocycles. The summed E-state index contributed by atoms with van der Waals surface area (Å²) in [6.07, 6.45) is -0.754. The van der Waals surface area contributed by atoms with Gasteiger partial charge in [-0.3, -0.25) is 4.98 Å². The van der Waals surface area contributed by atoms with Crippen LogP contribution in [0.5, 0.6) is 0 Å². The van der Waals surface area contributed by atoms with E-state index in [0.29, 0.717) is 25.9 Å². The number of rotatable bonds is 4. The summed E-state index contributed by atoms with van der Waals surface area (Å²) >= 11 is 6.07. The lowest BCUT2D eigenvalue weighted by Crippen LogP contribution is -2.37. The molecule has 0 radical (unpaired) electrons. The summed E-state index contributed by atoms with van der Waals surface area (Å²) < 4.78 is 14.8. The van der Waals surface area contributed by atoms with Crippen LogP contribution in [0.1, 0.15) is 30.2 Å². The van der Waals surface area contributed by atoms with Crippen molar-refractivity contribution in [2.24, 2.45) is 0 Å². The van der Waals surface area contributed by atoms with E-state index >= 15 is 0 Å². The van der Waals surface area contributed by atoms with E-state index in [1.54, 1.807) is 0 Å². The fraction of sp³-hybridized carbons (Fsp3) is 0.615. The maximum Gasteiger partial charge on any atom is 0.156 e. The van der Waals surface area contributed by atoms with Gasteiger partial charge in [-0.2, -0.15) is 0 Å². The lowest BCUT2D eigenvalue weighted by molar-refractivity contribution is -0.0154. The third-order valence-corrected chi connectivity index (χ3v) is 3.86. The van der Waals surface area contributed by atoms with Crippen LogP contribution in [0.15, 0.2) is 12.3 Å². The Balaban J connectivity index is 0.00000220. The van der Waals surface area contributed by atoms with E-state index in [9.17, 15) is 14.6 Å². The minimum Gasteiger partial charge on any atom is -0.394 e. The second kappa shape index (κ2) is 7.67. The van der Waals surface area contributed by atoms with Gasteiger partial charge in [-0.25, -0.2) is 4.39 Å². The van der Waals surface area contributed by atoms with Gasteiger partial charge in [-0.05, 0) is 32.0 Å². The van der Waals surface area contributed by atoms with Crippen LogP contribution < -0.4 is 5.32 Å². The first-order chi connectivity index (χ1) is 9.48. The highest BCUT2D eigenvalue weighted by Crippen LogP contribution is 2.38. The molecule has 0 saturated carbocycles. The van der Waals surface area contributed by atoms with Crippen molar-refractivity contribution < 1.29 is 19.7 Å². The zero-order chi connectivity index (χ0) is 14.8. The number of hydrogen-bond acceptors (Lipinski definition) is 5. The molecule has 8 heteroatoms. The van der Waals surface area contributed by atoms with E-state index in [4.69, 9.17) is 16.7 Å². The molecule has 0 aliphatic carbocycles. The number of pyridine rings is 1. The molecule has 21 heavy (non-hydrogen) atoms. The topological polar surface area (TPSA) is 85.6 Å². The Morgan fingerprint density at radius 2 is 2.00 bits per heavy atom. The van der Waals surface area contributed by atoms with Gasteiger partial charge in [0.2, 0.25) is 0 Å². The van der Waals surface area contributed by atoms with Gasteiger partial charge < -0.3 is 20.6 Å². The van der Waals surface area contributed by atoms with Crippen molar-refractivity contribution in [1.29, 1.82) is 0 Å². The Labute approximate surface area is 133 Å². The van der Waals surface area contributed by atoms with Crippen LogP contribution in [-0.2, 0) is 5.67 Å². The van der Waals surface area contributed by atoms with E-state index < -0.39 is 24.5 Å². The predicted octanol–water partition coefficient (Wildman–Crippen LogP) is 1.09. The molecule has 1 aromatic rings. The third-order valence-electron chi connectivity index (χ3n) is 3.58. The summed E-state index contributed by atoms with van der Waals surface area (Å²) in [6.45, 7) is 0.531. The minimum absolute atomic E-state index is 0. The lowest BCUT2D eigenvalue weighted by atomic mass is 9.90. The number of hydrogen-bond donors (Lipinski definition) is 4. The summed E-state index contributed by atoms with van der Waals surface area (Å²) in [5, 5.41) is 31.1. The van der Waals surface area contributed by atoms with Crippen molar-refractivity contribution in [1.82, 2.24) is 10.3 Å². The SMILES string of the molecule is Cl.OC[C@H](O)[C@@H](O)c1cnc(C2(F)CCNCC2)c(Cl)c1. The molecule has 0 amide bonds. The molecule has 0 unspecified atom stereocenters. The molecule has 1 aromatic heterocycles. The Morgan fingerprint density at radius 1 is 1.38 bits per heavy atom. The van der Waals surface area contributed by atoms with Crippen LogP contribution in [0, 0.1) is 0 Å². The van der Waals surface area contributed by atoms with Gasteiger partial charge in [0.1, 0.15) is 12.2 Å². The number of halogens is 3. The Hall–Kier alpha value is -0.500. The zero-order valence-corrected chi connectivity index (χ0v) is 12.9. The van der Waals surface area contributed by atoms with Crippen LogP contribution in [0.25, 0.3) is 0 Å². The highest BCUT2D eigenvalue weighted by atomic mass is 35.5. The van der Waals surface area contributed by atoms with Gasteiger partial charge in [0.25, 0.3) is 0 Å². The van der Waals surface area contributed by atoms with Crippen LogP contribution in [0.4, 0.5) is 4.39 Å². The molecular weight excluding hydrogens is 322 g/mol. The van der Waals surface area contributed by atoms with Gasteiger partial charge in [0.15, 0.2) is 5.67 Å². The van der Waals surface area contributed by atoms with Crippen LogP contribution in [0.3, 0.4) is 0 Å². The van der Waals surface area contributed by atoms with Crippen molar-refractivity contribution in [3.8, 4) is 0 Å². The number of nitrogens with one attached hydrogen (secondary N) is 1. The molecule has 2 rings (SSSR count). The summed E-state index contributed by atoms with van der Waals surface area (Å²) in [6, 6.07) is 1.39. The minimum atomic E-state index is -1.57. The quantitative estimate of drug-likeness (QED) is 0.659. The smallest absolute Gasteiger partial charge is 0.156 e. The number of aromatic nitrogens is 1. The normalized spacial score (nSPS) is 20.4. The standard InChI is InChI=1S/C13H18ClFN2O3.ClH/c14-9-5-8(11(20)10(19)7-18)6-17-12(9)13(15)1-3-16-4-2-13;/h5-6,10-11,16,18-20H,1-4,7H2;1H/t10-,11-;/m0./s1. The Kier molecular flexibility index (Phi) is 6.77. The second-order valence-corrected chi connectivity index (χ2v) is 5.42. The summed E-state index contributed by atoms with van der Waals surface area (Å²) in [5.74, 6) is 0. The first kappa shape index (κ1) is 18.5. The third kappa shape index (κ3) is 4.03. The lowest BCUT2D eigenvalue weighted by Gasteiger charge is -2.30. The van der Waals surface area contributed by atoms with Gasteiger partial charge in [0.05, 0.1) is 17.3 Å². The summed E-state index contributed by atoms with van der Waals surface area (Å²) in [4.78, 5) is 4.02. The van der Waals surface area contributed by atoms with Crippen molar-refractivity contribution in [2.45, 2.75) is 30.7 Å². The highest BCUT2D eigenvalue weighted by molar-refractivity contribution is 6.31. The monoisotopic (exact) mass is 340 g/mol. The molecule has 2 atom stereocenters. The van der Waals surface area contributed by atoms with Gasteiger partial charge in [-0.1, -0.05) is 11.6 Å². The van der Waals surface area contributed by atoms with Gasteiger partial charge >= 0.3 is 0 Å². The molecule has 0 aromatic carbocycles. The van der Waals surface area contributed by atoms with E-state index in [1.807, 2.05) is 0 Å². The molecule has 0 bridgehead atoms. The highest BCUT2D eigenvalue weighted by Gasteiger charge is 2.37. The Bertz CT molecular complexity index is 473.